The Kier molecular flexibility index (Phi) is 5.02. The van der Waals surface area contributed by atoms with Gasteiger partial charge in [-0.15, -0.1) is 0 Å². The summed E-state index contributed by atoms with van der Waals surface area (Å²) in [6, 6.07) is 12.0. The van der Waals surface area contributed by atoms with E-state index in [1.54, 1.807) is 0 Å². The van der Waals surface area contributed by atoms with E-state index in [4.69, 9.17) is 9.47 Å². The molecule has 4 aliphatic carbocycles. The van der Waals surface area contributed by atoms with Crippen molar-refractivity contribution in [2.24, 2.45) is 17.3 Å². The van der Waals surface area contributed by atoms with Gasteiger partial charge in [0, 0.05) is 12.1 Å². The molecule has 2 aromatic carbocycles. The van der Waals surface area contributed by atoms with Crippen molar-refractivity contribution in [1.82, 2.24) is 5.32 Å². The fourth-order valence-corrected chi connectivity index (χ4v) is 7.71. The van der Waals surface area contributed by atoms with E-state index >= 15 is 0 Å². The molecule has 1 aliphatic heterocycles. The number of hydrogen-bond donors (Lipinski definition) is 1. The molecule has 1 heterocycles. The highest BCUT2D eigenvalue weighted by molar-refractivity contribution is 5.83. The Balaban J connectivity index is 1.19. The molecule has 2 unspecified atom stereocenters. The van der Waals surface area contributed by atoms with Crippen LogP contribution in [0.3, 0.4) is 0 Å². The van der Waals surface area contributed by atoms with Gasteiger partial charge in [0.05, 0.1) is 12.0 Å². The topological polar surface area (TPSA) is 47.6 Å². The van der Waals surface area contributed by atoms with Crippen molar-refractivity contribution in [3.63, 3.8) is 0 Å². The zero-order valence-corrected chi connectivity index (χ0v) is 19.3. The van der Waals surface area contributed by atoms with E-state index in [0.717, 1.165) is 30.4 Å². The quantitative estimate of drug-likeness (QED) is 0.683. The molecule has 2 atom stereocenters. The molecule has 174 valence electrons. The van der Waals surface area contributed by atoms with Crippen LogP contribution in [0.25, 0.3) is 0 Å². The molecule has 5 aliphatic rings. The van der Waals surface area contributed by atoms with Crippen LogP contribution in [-0.2, 0) is 28.0 Å². The molecule has 0 aromatic heterocycles. The maximum absolute atomic E-state index is 14.1. The monoisotopic (exact) mass is 449 g/mol. The summed E-state index contributed by atoms with van der Waals surface area (Å²) >= 11 is 0. The second-order valence-corrected chi connectivity index (χ2v) is 11.1. The van der Waals surface area contributed by atoms with Gasteiger partial charge in [-0.1, -0.05) is 29.8 Å². The third-order valence-electron chi connectivity index (χ3n) is 8.64. The average molecular weight is 450 g/mol. The minimum atomic E-state index is -0.287. The van der Waals surface area contributed by atoms with Crippen molar-refractivity contribution >= 4 is 5.91 Å². The van der Waals surface area contributed by atoms with Gasteiger partial charge in [0.1, 0.15) is 11.6 Å². The third-order valence-corrected chi connectivity index (χ3v) is 8.64. The second kappa shape index (κ2) is 7.83. The lowest BCUT2D eigenvalue weighted by atomic mass is 9.42. The van der Waals surface area contributed by atoms with E-state index in [2.05, 4.69) is 36.5 Å². The molecule has 0 saturated heterocycles. The number of halogens is 1. The zero-order valence-electron chi connectivity index (χ0n) is 19.3. The number of fused-ring (bicyclic) bond motifs is 1. The number of benzene rings is 2. The lowest BCUT2D eigenvalue weighted by Crippen LogP contribution is -2.59. The first kappa shape index (κ1) is 21.2. The molecule has 0 spiro atoms. The van der Waals surface area contributed by atoms with Crippen LogP contribution in [0.15, 0.2) is 36.4 Å². The summed E-state index contributed by atoms with van der Waals surface area (Å²) < 4.78 is 25.0. The molecule has 4 fully saturated rings. The van der Waals surface area contributed by atoms with Gasteiger partial charge in [0.25, 0.3) is 0 Å². The van der Waals surface area contributed by atoms with Gasteiger partial charge >= 0.3 is 0 Å². The molecular formula is C28H32FNO3. The zero-order chi connectivity index (χ0) is 22.6. The summed E-state index contributed by atoms with van der Waals surface area (Å²) in [5.74, 6) is 1.90. The Hall–Kier alpha value is -2.40. The predicted molar refractivity (Wildman–Crippen MR) is 123 cm³/mol. The van der Waals surface area contributed by atoms with Crippen LogP contribution < -0.4 is 10.1 Å². The molecule has 1 N–H and O–H groups in total. The average Bonchev–Trinajstić information content (AvgIpc) is 2.78. The molecule has 4 bridgehead atoms. The molecule has 4 saturated carbocycles. The number of carbonyl (C=O) groups is 1. The largest absolute Gasteiger partial charge is 0.467 e. The summed E-state index contributed by atoms with van der Waals surface area (Å²) in [7, 11) is 0. The highest BCUT2D eigenvalue weighted by atomic mass is 19.1. The first-order valence-electron chi connectivity index (χ1n) is 12.3. The van der Waals surface area contributed by atoms with Crippen LogP contribution in [0.5, 0.6) is 5.75 Å². The second-order valence-electron chi connectivity index (χ2n) is 11.1. The Morgan fingerprint density at radius 1 is 1.12 bits per heavy atom. The number of hydrogen-bond acceptors (Lipinski definition) is 3. The number of aryl methyl sites for hydroxylation is 1. The van der Waals surface area contributed by atoms with E-state index in [0.29, 0.717) is 37.2 Å². The Labute approximate surface area is 194 Å². The molecule has 7 rings (SSSR count). The molecule has 5 heteroatoms. The molecule has 0 radical (unpaired) electrons. The van der Waals surface area contributed by atoms with Crippen LogP contribution in [0, 0.1) is 30.0 Å². The van der Waals surface area contributed by atoms with E-state index < -0.39 is 0 Å². The third kappa shape index (κ3) is 3.65. The van der Waals surface area contributed by atoms with E-state index in [9.17, 15) is 9.18 Å². The van der Waals surface area contributed by atoms with Gasteiger partial charge in [-0.25, -0.2) is 4.39 Å². The fourth-order valence-electron chi connectivity index (χ4n) is 7.71. The summed E-state index contributed by atoms with van der Waals surface area (Å²) in [5.41, 5.74) is 4.13. The van der Waals surface area contributed by atoms with Gasteiger partial charge in [0.2, 0.25) is 5.91 Å². The van der Waals surface area contributed by atoms with Gasteiger partial charge in [-0.05, 0) is 92.4 Å². The van der Waals surface area contributed by atoms with Crippen LogP contribution in [-0.4, -0.2) is 19.2 Å². The number of rotatable bonds is 5. The van der Waals surface area contributed by atoms with Gasteiger partial charge in [0.15, 0.2) is 6.79 Å². The van der Waals surface area contributed by atoms with Crippen molar-refractivity contribution in [3.05, 3.63) is 64.5 Å². The summed E-state index contributed by atoms with van der Waals surface area (Å²) in [5, 5.41) is 3.24. The minimum absolute atomic E-state index is 0.143. The van der Waals surface area contributed by atoms with Crippen LogP contribution >= 0.6 is 0 Å². The maximum Gasteiger partial charge on any atom is 0.226 e. The maximum atomic E-state index is 14.1. The highest BCUT2D eigenvalue weighted by Gasteiger charge is 2.60. The molecule has 2 aromatic rings. The number of ether oxygens (including phenoxy) is 2. The first-order valence-corrected chi connectivity index (χ1v) is 12.3. The van der Waals surface area contributed by atoms with Crippen molar-refractivity contribution in [2.75, 3.05) is 13.3 Å². The Bertz CT molecular complexity index is 1070. The van der Waals surface area contributed by atoms with E-state index in [1.165, 1.54) is 42.5 Å². The number of carbonyl (C=O) groups excluding carboxylic acids is 1. The SMILES string of the molecule is Cc1ccc(C23CC4CC(CC(C(=O)NCCc5cc(F)cc6c5OCOC6)(C4)C2)C3)cc1. The highest BCUT2D eigenvalue weighted by Crippen LogP contribution is 2.65. The molecule has 4 nitrogen and oxygen atoms in total. The lowest BCUT2D eigenvalue weighted by Gasteiger charge is -2.61. The van der Waals surface area contributed by atoms with Crippen molar-refractivity contribution in [2.45, 2.75) is 63.9 Å². The smallest absolute Gasteiger partial charge is 0.226 e. The normalized spacial score (nSPS) is 31.7. The first-order chi connectivity index (χ1) is 15.9. The van der Waals surface area contributed by atoms with Crippen molar-refractivity contribution in [3.8, 4) is 5.75 Å². The summed E-state index contributed by atoms with van der Waals surface area (Å²) in [6.07, 6.45) is 7.25. The van der Waals surface area contributed by atoms with Crippen molar-refractivity contribution in [1.29, 1.82) is 0 Å². The van der Waals surface area contributed by atoms with E-state index in [-0.39, 0.29) is 29.3 Å². The Morgan fingerprint density at radius 2 is 1.88 bits per heavy atom. The fraction of sp³-hybridized carbons (Fsp3) is 0.536. The van der Waals surface area contributed by atoms with Crippen LogP contribution in [0.2, 0.25) is 0 Å². The van der Waals surface area contributed by atoms with Crippen molar-refractivity contribution < 1.29 is 18.7 Å². The predicted octanol–water partition coefficient (Wildman–Crippen LogP) is 5.20. The van der Waals surface area contributed by atoms with Gasteiger partial charge in [-0.3, -0.25) is 4.79 Å². The summed E-state index contributed by atoms with van der Waals surface area (Å²) in [4.78, 5) is 13.6. The van der Waals surface area contributed by atoms with Gasteiger partial charge in [-0.2, -0.15) is 0 Å². The minimum Gasteiger partial charge on any atom is -0.467 e. The summed E-state index contributed by atoms with van der Waals surface area (Å²) in [6.45, 7) is 3.17. The van der Waals surface area contributed by atoms with Gasteiger partial charge < -0.3 is 14.8 Å². The molecule has 1 amide bonds. The van der Waals surface area contributed by atoms with Crippen LogP contribution in [0.1, 0.15) is 60.8 Å². The Morgan fingerprint density at radius 3 is 2.64 bits per heavy atom. The number of amides is 1. The number of nitrogens with one attached hydrogen (secondary N) is 1. The van der Waals surface area contributed by atoms with Crippen LogP contribution in [0.4, 0.5) is 4.39 Å². The lowest BCUT2D eigenvalue weighted by molar-refractivity contribution is -0.149. The molecular weight excluding hydrogens is 417 g/mol. The van der Waals surface area contributed by atoms with E-state index in [1.807, 2.05) is 0 Å². The standard InChI is InChI=1S/C28H32FNO3/c1-18-2-4-23(5-3-18)27-11-19-8-20(12-27)14-28(13-19,16-27)26(31)30-7-6-21-9-24(29)10-22-15-32-17-33-25(21)22/h2-5,9-10,19-20H,6-8,11-17H2,1H3,(H,30,31). The molecule has 33 heavy (non-hydrogen) atoms.